The number of aromatic carboxylic acids is 1. The molecule has 0 aliphatic heterocycles. The molecule has 0 bridgehead atoms. The number of urea groups is 1. The molecule has 2 aromatic heterocycles. The average Bonchev–Trinajstić information content (AvgIpc) is 3.05. The molecule has 0 aliphatic carbocycles. The van der Waals surface area contributed by atoms with Gasteiger partial charge in [0.1, 0.15) is 0 Å². The SMILES string of the molecule is Cn1cc(CNC(=O)NCCn2cnc(C(=O)O)c2)cn1. The monoisotopic (exact) mass is 292 g/mol. The highest BCUT2D eigenvalue weighted by Gasteiger charge is 2.06. The van der Waals surface area contributed by atoms with E-state index in [1.165, 1.54) is 12.5 Å². The number of rotatable bonds is 6. The third-order valence-corrected chi connectivity index (χ3v) is 2.72. The lowest BCUT2D eigenvalue weighted by molar-refractivity contribution is 0.0691. The van der Waals surface area contributed by atoms with Gasteiger partial charge in [0.15, 0.2) is 5.69 Å². The molecule has 0 fully saturated rings. The van der Waals surface area contributed by atoms with Gasteiger partial charge < -0.3 is 20.3 Å². The standard InChI is InChI=1S/C12H16N6O3/c1-17-6-9(5-16-17)4-14-12(21)13-2-3-18-7-10(11(19)20)15-8-18/h5-8H,2-4H2,1H3,(H,19,20)(H2,13,14,21). The molecule has 0 spiro atoms. The maximum absolute atomic E-state index is 11.6. The van der Waals surface area contributed by atoms with Crippen LogP contribution in [0.3, 0.4) is 0 Å². The predicted octanol–water partition coefficient (Wildman–Crippen LogP) is -0.186. The molecule has 0 saturated heterocycles. The van der Waals surface area contributed by atoms with E-state index >= 15 is 0 Å². The smallest absolute Gasteiger partial charge is 0.356 e. The zero-order chi connectivity index (χ0) is 15.2. The highest BCUT2D eigenvalue weighted by atomic mass is 16.4. The zero-order valence-corrected chi connectivity index (χ0v) is 11.5. The molecule has 0 saturated carbocycles. The van der Waals surface area contributed by atoms with Gasteiger partial charge in [-0.25, -0.2) is 14.6 Å². The van der Waals surface area contributed by atoms with Gasteiger partial charge in [-0.15, -0.1) is 0 Å². The van der Waals surface area contributed by atoms with Gasteiger partial charge in [0.2, 0.25) is 0 Å². The molecule has 9 nitrogen and oxygen atoms in total. The number of nitrogens with zero attached hydrogens (tertiary/aromatic N) is 4. The van der Waals surface area contributed by atoms with Crippen LogP contribution in [0, 0.1) is 0 Å². The Labute approximate surface area is 120 Å². The molecule has 2 aromatic rings. The number of carbonyl (C=O) groups excluding carboxylic acids is 1. The molecular weight excluding hydrogens is 276 g/mol. The molecule has 112 valence electrons. The van der Waals surface area contributed by atoms with Crippen molar-refractivity contribution in [3.05, 3.63) is 36.2 Å². The first kappa shape index (κ1) is 14.6. The van der Waals surface area contributed by atoms with Crippen LogP contribution >= 0.6 is 0 Å². The van der Waals surface area contributed by atoms with E-state index < -0.39 is 5.97 Å². The molecule has 0 aliphatic rings. The summed E-state index contributed by atoms with van der Waals surface area (Å²) in [6.45, 7) is 1.21. The van der Waals surface area contributed by atoms with Gasteiger partial charge in [0.05, 0.1) is 12.5 Å². The van der Waals surface area contributed by atoms with E-state index in [9.17, 15) is 9.59 Å². The van der Waals surface area contributed by atoms with Crippen LogP contribution in [-0.2, 0) is 20.1 Å². The van der Waals surface area contributed by atoms with Gasteiger partial charge in [0, 0.05) is 44.6 Å². The lowest BCUT2D eigenvalue weighted by Crippen LogP contribution is -2.36. The maximum atomic E-state index is 11.6. The molecule has 2 heterocycles. The number of aryl methyl sites for hydroxylation is 1. The Morgan fingerprint density at radius 2 is 2.14 bits per heavy atom. The first-order valence-electron chi connectivity index (χ1n) is 6.29. The van der Waals surface area contributed by atoms with E-state index in [-0.39, 0.29) is 11.7 Å². The van der Waals surface area contributed by atoms with Crippen LogP contribution in [0.4, 0.5) is 4.79 Å². The Bertz CT molecular complexity index is 632. The summed E-state index contributed by atoms with van der Waals surface area (Å²) in [6, 6.07) is -0.294. The quantitative estimate of drug-likeness (QED) is 0.683. The van der Waals surface area contributed by atoms with E-state index in [2.05, 4.69) is 20.7 Å². The summed E-state index contributed by atoms with van der Waals surface area (Å²) in [6.07, 6.45) is 6.33. The molecule has 9 heteroatoms. The maximum Gasteiger partial charge on any atom is 0.356 e. The van der Waals surface area contributed by atoms with Gasteiger partial charge in [-0.3, -0.25) is 4.68 Å². The topological polar surface area (TPSA) is 114 Å². The second kappa shape index (κ2) is 6.55. The molecule has 21 heavy (non-hydrogen) atoms. The van der Waals surface area contributed by atoms with Crippen LogP contribution in [-0.4, -0.2) is 43.0 Å². The molecule has 2 rings (SSSR count). The van der Waals surface area contributed by atoms with Gasteiger partial charge in [0.25, 0.3) is 0 Å². The number of carboxylic acid groups (broad SMARTS) is 1. The normalized spacial score (nSPS) is 10.3. The number of carbonyl (C=O) groups is 2. The summed E-state index contributed by atoms with van der Waals surface area (Å²) in [5, 5.41) is 18.1. The van der Waals surface area contributed by atoms with Crippen LogP contribution in [0.2, 0.25) is 0 Å². The van der Waals surface area contributed by atoms with Crippen molar-refractivity contribution >= 4 is 12.0 Å². The van der Waals surface area contributed by atoms with Crippen molar-refractivity contribution in [2.24, 2.45) is 7.05 Å². The number of aromatic nitrogens is 4. The molecular formula is C12H16N6O3. The summed E-state index contributed by atoms with van der Waals surface area (Å²) < 4.78 is 3.26. The summed E-state index contributed by atoms with van der Waals surface area (Å²) >= 11 is 0. The molecule has 0 atom stereocenters. The first-order valence-corrected chi connectivity index (χ1v) is 6.29. The Kier molecular flexibility index (Phi) is 4.54. The Morgan fingerprint density at radius 3 is 2.76 bits per heavy atom. The third kappa shape index (κ3) is 4.34. The van der Waals surface area contributed by atoms with Gasteiger partial charge in [-0.05, 0) is 0 Å². The second-order valence-electron chi connectivity index (χ2n) is 4.43. The fourth-order valence-electron chi connectivity index (χ4n) is 1.70. The van der Waals surface area contributed by atoms with Crippen molar-refractivity contribution in [3.8, 4) is 0 Å². The number of nitrogens with one attached hydrogen (secondary N) is 2. The van der Waals surface area contributed by atoms with Crippen LogP contribution in [0.25, 0.3) is 0 Å². The lowest BCUT2D eigenvalue weighted by atomic mass is 10.4. The van der Waals surface area contributed by atoms with Crippen molar-refractivity contribution in [1.82, 2.24) is 30.0 Å². The van der Waals surface area contributed by atoms with Crippen LogP contribution < -0.4 is 10.6 Å². The summed E-state index contributed by atoms with van der Waals surface area (Å²) in [5.74, 6) is -1.07. The number of imidazole rings is 1. The van der Waals surface area contributed by atoms with Crippen molar-refractivity contribution in [1.29, 1.82) is 0 Å². The van der Waals surface area contributed by atoms with E-state index in [4.69, 9.17) is 5.11 Å². The van der Waals surface area contributed by atoms with Crippen LogP contribution in [0.1, 0.15) is 16.1 Å². The Hall–Kier alpha value is -2.84. The molecule has 0 radical (unpaired) electrons. The minimum atomic E-state index is -1.07. The zero-order valence-electron chi connectivity index (χ0n) is 11.5. The predicted molar refractivity (Wildman–Crippen MR) is 72.6 cm³/mol. The van der Waals surface area contributed by atoms with E-state index in [0.29, 0.717) is 19.6 Å². The summed E-state index contributed by atoms with van der Waals surface area (Å²) in [4.78, 5) is 25.9. The van der Waals surface area contributed by atoms with Crippen LogP contribution in [0.15, 0.2) is 24.9 Å². The van der Waals surface area contributed by atoms with Crippen molar-refractivity contribution in [3.63, 3.8) is 0 Å². The fourth-order valence-corrected chi connectivity index (χ4v) is 1.70. The number of carboxylic acids is 1. The summed E-state index contributed by atoms with van der Waals surface area (Å²) in [5.41, 5.74) is 0.893. The van der Waals surface area contributed by atoms with Crippen LogP contribution in [0.5, 0.6) is 0 Å². The minimum absolute atomic E-state index is 0.0176. The lowest BCUT2D eigenvalue weighted by Gasteiger charge is -2.06. The highest BCUT2D eigenvalue weighted by Crippen LogP contribution is 1.96. The van der Waals surface area contributed by atoms with Gasteiger partial charge in [-0.1, -0.05) is 0 Å². The summed E-state index contributed by atoms with van der Waals surface area (Å²) in [7, 11) is 1.81. The largest absolute Gasteiger partial charge is 0.476 e. The average molecular weight is 292 g/mol. The van der Waals surface area contributed by atoms with E-state index in [1.54, 1.807) is 22.5 Å². The second-order valence-corrected chi connectivity index (χ2v) is 4.43. The molecule has 0 unspecified atom stereocenters. The van der Waals surface area contributed by atoms with Crippen molar-refractivity contribution in [2.75, 3.05) is 6.54 Å². The Balaban J connectivity index is 1.67. The molecule has 0 aromatic carbocycles. The van der Waals surface area contributed by atoms with Gasteiger partial charge in [-0.2, -0.15) is 5.10 Å². The molecule has 3 N–H and O–H groups in total. The van der Waals surface area contributed by atoms with Crippen molar-refractivity contribution < 1.29 is 14.7 Å². The van der Waals surface area contributed by atoms with Crippen molar-refractivity contribution in [2.45, 2.75) is 13.1 Å². The number of amides is 2. The van der Waals surface area contributed by atoms with E-state index in [0.717, 1.165) is 5.56 Å². The highest BCUT2D eigenvalue weighted by molar-refractivity contribution is 5.84. The number of hydrogen-bond acceptors (Lipinski definition) is 4. The number of hydrogen-bond donors (Lipinski definition) is 3. The third-order valence-electron chi connectivity index (χ3n) is 2.72. The Morgan fingerprint density at radius 1 is 1.33 bits per heavy atom. The molecule has 2 amide bonds. The van der Waals surface area contributed by atoms with Gasteiger partial charge >= 0.3 is 12.0 Å². The fraction of sp³-hybridized carbons (Fsp3) is 0.333. The minimum Gasteiger partial charge on any atom is -0.476 e. The van der Waals surface area contributed by atoms with E-state index in [1.807, 2.05) is 6.20 Å². The first-order chi connectivity index (χ1) is 10.0.